The first-order valence-electron chi connectivity index (χ1n) is 14.3. The fourth-order valence-electron chi connectivity index (χ4n) is 3.88. The number of carbonyl (C=O) groups is 3. The van der Waals surface area contributed by atoms with E-state index in [1.165, 1.54) is 58.4 Å². The minimum absolute atomic E-state index is 0.000325. The lowest BCUT2D eigenvalue weighted by atomic mass is 9.91. The molecule has 1 aromatic rings. The summed E-state index contributed by atoms with van der Waals surface area (Å²) in [6.07, 6.45) is 10.5. The lowest BCUT2D eigenvalue weighted by molar-refractivity contribution is -0.149. The highest BCUT2D eigenvalue weighted by molar-refractivity contribution is 5.94. The van der Waals surface area contributed by atoms with Crippen molar-refractivity contribution in [3.63, 3.8) is 0 Å². The third-order valence-electron chi connectivity index (χ3n) is 5.48. The summed E-state index contributed by atoms with van der Waals surface area (Å²) in [7, 11) is 3.12. The number of nitrogens with two attached hydrogens (primary N) is 1. The highest BCUT2D eigenvalue weighted by atomic mass is 16.7. The normalized spacial score (nSPS) is 16.8. The zero-order valence-electron chi connectivity index (χ0n) is 26.2. The second-order valence-corrected chi connectivity index (χ2v) is 9.59. The first kappa shape index (κ1) is 39.3. The molecule has 1 aliphatic heterocycles. The average Bonchev–Trinajstić information content (AvgIpc) is 2.89. The van der Waals surface area contributed by atoms with Crippen molar-refractivity contribution in [2.45, 2.75) is 106 Å². The number of rotatable bonds is 9. The maximum Gasteiger partial charge on any atom is 0.306 e. The van der Waals surface area contributed by atoms with Crippen molar-refractivity contribution in [1.82, 2.24) is 4.98 Å². The van der Waals surface area contributed by atoms with Gasteiger partial charge in [0.25, 0.3) is 5.91 Å². The summed E-state index contributed by atoms with van der Waals surface area (Å²) < 4.78 is 24.8. The standard InChI is InChI=1S/C13H24O2.C10H12N2O5.C5H12O.C2H6/c1-3-7-12-8-5-4-6-9-13(14)15-11(2)10-12;1-6(13)16-5-17-9-7(15-2)3-4-12-8(9)10(11)14;1-5(2)4-6-3;1-2/h11-12H,3-10H2,1-2H3;3-4H,5H2,1-2H3,(H2,11,14);5H,4H2,1-3H3;1-2H3. The maximum absolute atomic E-state index is 11.4. The highest BCUT2D eigenvalue weighted by Gasteiger charge is 2.18. The third-order valence-corrected chi connectivity index (χ3v) is 5.48. The summed E-state index contributed by atoms with van der Waals surface area (Å²) in [5.41, 5.74) is 5.04. The van der Waals surface area contributed by atoms with E-state index < -0.39 is 11.9 Å². The van der Waals surface area contributed by atoms with E-state index in [0.717, 1.165) is 25.4 Å². The molecule has 0 spiro atoms. The summed E-state index contributed by atoms with van der Waals surface area (Å²) in [5.74, 6) is 0.491. The predicted octanol–water partition coefficient (Wildman–Crippen LogP) is 6.09. The van der Waals surface area contributed by atoms with Gasteiger partial charge in [0.2, 0.25) is 6.79 Å². The van der Waals surface area contributed by atoms with E-state index in [2.05, 4.69) is 30.5 Å². The fraction of sp³-hybridized carbons (Fsp3) is 0.733. The number of hydrogen-bond donors (Lipinski definition) is 1. The van der Waals surface area contributed by atoms with Crippen molar-refractivity contribution in [2.75, 3.05) is 27.6 Å². The Morgan fingerprint density at radius 1 is 1.18 bits per heavy atom. The Labute approximate surface area is 241 Å². The molecular formula is C30H54N2O8. The minimum atomic E-state index is -0.762. The van der Waals surface area contributed by atoms with Crippen molar-refractivity contribution in [3.8, 4) is 11.5 Å². The number of aromatic nitrogens is 1. The average molecular weight is 571 g/mol. The Balaban J connectivity index is 0. The van der Waals surface area contributed by atoms with E-state index in [1.54, 1.807) is 7.11 Å². The lowest BCUT2D eigenvalue weighted by Gasteiger charge is -2.22. The Bertz CT molecular complexity index is 817. The highest BCUT2D eigenvalue weighted by Crippen LogP contribution is 2.29. The van der Waals surface area contributed by atoms with E-state index in [1.807, 2.05) is 20.8 Å². The molecule has 2 unspecified atom stereocenters. The molecule has 1 saturated heterocycles. The summed E-state index contributed by atoms with van der Waals surface area (Å²) in [6, 6.07) is 1.50. The second-order valence-electron chi connectivity index (χ2n) is 9.59. The van der Waals surface area contributed by atoms with Crippen LogP contribution < -0.4 is 15.2 Å². The Morgan fingerprint density at radius 3 is 2.35 bits per heavy atom. The zero-order chi connectivity index (χ0) is 30.9. The van der Waals surface area contributed by atoms with E-state index in [0.29, 0.717) is 12.3 Å². The van der Waals surface area contributed by atoms with Gasteiger partial charge >= 0.3 is 11.9 Å². The van der Waals surface area contributed by atoms with E-state index in [9.17, 15) is 14.4 Å². The minimum Gasteiger partial charge on any atom is -0.493 e. The van der Waals surface area contributed by atoms with Crippen molar-refractivity contribution < 1.29 is 38.1 Å². The summed E-state index contributed by atoms with van der Waals surface area (Å²) in [5, 5.41) is 0. The van der Waals surface area contributed by atoms with Crippen molar-refractivity contribution in [1.29, 1.82) is 0 Å². The van der Waals surface area contributed by atoms with Gasteiger partial charge in [-0.15, -0.1) is 0 Å². The molecule has 2 N–H and O–H groups in total. The molecule has 1 aromatic heterocycles. The van der Waals surface area contributed by atoms with Crippen LogP contribution in [0.25, 0.3) is 0 Å². The fourth-order valence-corrected chi connectivity index (χ4v) is 3.88. The van der Waals surface area contributed by atoms with Crippen LogP contribution in [0.3, 0.4) is 0 Å². The first-order chi connectivity index (χ1) is 19.0. The number of hydrogen-bond acceptors (Lipinski definition) is 9. The Morgan fingerprint density at radius 2 is 1.85 bits per heavy atom. The molecule has 2 rings (SSSR count). The first-order valence-corrected chi connectivity index (χ1v) is 14.3. The predicted molar refractivity (Wildman–Crippen MR) is 156 cm³/mol. The maximum atomic E-state index is 11.4. The molecule has 2 atom stereocenters. The number of ether oxygens (including phenoxy) is 5. The van der Waals surface area contributed by atoms with Crippen molar-refractivity contribution >= 4 is 17.8 Å². The molecule has 232 valence electrons. The second kappa shape index (κ2) is 25.1. The van der Waals surface area contributed by atoms with Crippen molar-refractivity contribution in [3.05, 3.63) is 18.0 Å². The van der Waals surface area contributed by atoms with Crippen LogP contribution in [0.1, 0.15) is 110 Å². The Hall–Kier alpha value is -2.88. The van der Waals surface area contributed by atoms with Gasteiger partial charge in [0, 0.05) is 39.3 Å². The van der Waals surface area contributed by atoms with Gasteiger partial charge in [0.05, 0.1) is 13.2 Å². The van der Waals surface area contributed by atoms with Crippen LogP contribution >= 0.6 is 0 Å². The van der Waals surface area contributed by atoms with Gasteiger partial charge in [-0.1, -0.05) is 66.7 Å². The monoisotopic (exact) mass is 570 g/mol. The number of carbonyl (C=O) groups excluding carboxylic acids is 3. The molecule has 2 heterocycles. The molecular weight excluding hydrogens is 516 g/mol. The molecule has 1 amide bonds. The van der Waals surface area contributed by atoms with Gasteiger partial charge in [-0.05, 0) is 31.6 Å². The Kier molecular flexibility index (Phi) is 24.6. The van der Waals surface area contributed by atoms with Crippen LogP contribution in [-0.4, -0.2) is 56.6 Å². The largest absolute Gasteiger partial charge is 0.493 e. The molecule has 0 aliphatic carbocycles. The quantitative estimate of drug-likeness (QED) is 0.276. The molecule has 1 fully saturated rings. The van der Waals surface area contributed by atoms with Gasteiger partial charge < -0.3 is 29.4 Å². The molecule has 40 heavy (non-hydrogen) atoms. The molecule has 10 heteroatoms. The summed E-state index contributed by atoms with van der Waals surface area (Å²) in [4.78, 5) is 36.8. The summed E-state index contributed by atoms with van der Waals surface area (Å²) in [6.45, 7) is 14.3. The van der Waals surface area contributed by atoms with Crippen LogP contribution in [-0.2, 0) is 23.8 Å². The van der Waals surface area contributed by atoms with Crippen LogP contribution in [0.15, 0.2) is 12.3 Å². The SMILES string of the molecule is CC.CCCC1CCCCCC(=O)OC(C)C1.COCC(C)C.COc1ccnc(C(N)=O)c1OCOC(C)=O. The number of methoxy groups -OCH3 is 2. The molecule has 0 aromatic carbocycles. The van der Waals surface area contributed by atoms with Crippen molar-refractivity contribution in [2.24, 2.45) is 17.6 Å². The third kappa shape index (κ3) is 20.1. The van der Waals surface area contributed by atoms with Gasteiger partial charge in [-0.2, -0.15) is 0 Å². The van der Waals surface area contributed by atoms with E-state index >= 15 is 0 Å². The van der Waals surface area contributed by atoms with E-state index in [4.69, 9.17) is 24.7 Å². The van der Waals surface area contributed by atoms with Gasteiger partial charge in [-0.25, -0.2) is 4.98 Å². The molecule has 0 radical (unpaired) electrons. The zero-order valence-corrected chi connectivity index (χ0v) is 26.2. The smallest absolute Gasteiger partial charge is 0.306 e. The van der Waals surface area contributed by atoms with Crippen LogP contribution in [0.2, 0.25) is 0 Å². The lowest BCUT2D eigenvalue weighted by Crippen LogP contribution is -2.19. The summed E-state index contributed by atoms with van der Waals surface area (Å²) >= 11 is 0. The topological polar surface area (TPSA) is 136 Å². The van der Waals surface area contributed by atoms with Crippen LogP contribution in [0.4, 0.5) is 0 Å². The molecule has 0 bridgehead atoms. The van der Waals surface area contributed by atoms with Gasteiger partial charge in [0.15, 0.2) is 17.2 Å². The number of esters is 2. The number of pyridine rings is 1. The van der Waals surface area contributed by atoms with Gasteiger partial charge in [0.1, 0.15) is 0 Å². The van der Waals surface area contributed by atoms with Gasteiger partial charge in [-0.3, -0.25) is 14.4 Å². The molecule has 1 aliphatic rings. The molecule has 0 saturated carbocycles. The van der Waals surface area contributed by atoms with Crippen LogP contribution in [0, 0.1) is 11.8 Å². The van der Waals surface area contributed by atoms with Crippen LogP contribution in [0.5, 0.6) is 11.5 Å². The van der Waals surface area contributed by atoms with E-state index in [-0.39, 0.29) is 36.1 Å². The number of nitrogens with zero attached hydrogens (tertiary/aromatic N) is 1. The number of primary amides is 1. The molecule has 10 nitrogen and oxygen atoms in total. The number of amides is 1. The number of cyclic esters (lactones) is 1.